The second kappa shape index (κ2) is 7.43. The zero-order valence-electron chi connectivity index (χ0n) is 14.6. The molecular weight excluding hydrogens is 336 g/mol. The summed E-state index contributed by atoms with van der Waals surface area (Å²) in [6.45, 7) is 0.581. The molecule has 26 heavy (non-hydrogen) atoms. The number of aromatic carboxylic acids is 1. The standard InChI is InChI=1S/C19H20N2O5/c1-25-12-8-9-13(17(11-12)26-2)16-7-4-10-21(16)18(22)14-5-3-6-15(20-14)19(23)24/h3,5-6,8-9,11,16H,4,7,10H2,1-2H3,(H,23,24). The summed E-state index contributed by atoms with van der Waals surface area (Å²) in [5.74, 6) is -0.110. The summed E-state index contributed by atoms with van der Waals surface area (Å²) in [6, 6.07) is 9.81. The number of hydrogen-bond donors (Lipinski definition) is 1. The van der Waals surface area contributed by atoms with E-state index in [1.165, 1.54) is 18.2 Å². The molecule has 7 heteroatoms. The Kier molecular flexibility index (Phi) is 5.06. The number of carbonyl (C=O) groups is 2. The van der Waals surface area contributed by atoms with E-state index in [4.69, 9.17) is 14.6 Å². The molecule has 1 aliphatic heterocycles. The molecule has 2 heterocycles. The van der Waals surface area contributed by atoms with Gasteiger partial charge in [0.05, 0.1) is 20.3 Å². The third kappa shape index (κ3) is 3.33. The van der Waals surface area contributed by atoms with Crippen LogP contribution in [0.5, 0.6) is 11.5 Å². The third-order valence-electron chi connectivity index (χ3n) is 4.50. The monoisotopic (exact) mass is 356 g/mol. The smallest absolute Gasteiger partial charge is 0.354 e. The van der Waals surface area contributed by atoms with Crippen LogP contribution in [0.15, 0.2) is 36.4 Å². The lowest BCUT2D eigenvalue weighted by Gasteiger charge is -2.26. The Morgan fingerprint density at radius 1 is 1.15 bits per heavy atom. The van der Waals surface area contributed by atoms with Crippen LogP contribution in [0.4, 0.5) is 0 Å². The van der Waals surface area contributed by atoms with Crippen LogP contribution in [0.25, 0.3) is 0 Å². The predicted molar refractivity (Wildman–Crippen MR) is 93.8 cm³/mol. The molecule has 7 nitrogen and oxygen atoms in total. The molecule has 1 amide bonds. The van der Waals surface area contributed by atoms with E-state index in [2.05, 4.69) is 4.98 Å². The normalized spacial score (nSPS) is 16.4. The second-order valence-electron chi connectivity index (χ2n) is 5.98. The van der Waals surface area contributed by atoms with Gasteiger partial charge in [-0.2, -0.15) is 0 Å². The molecule has 0 aliphatic carbocycles. The predicted octanol–water partition coefficient (Wildman–Crippen LogP) is 2.77. The zero-order valence-corrected chi connectivity index (χ0v) is 14.6. The summed E-state index contributed by atoms with van der Waals surface area (Å²) in [4.78, 5) is 29.7. The molecule has 0 bridgehead atoms. The molecule has 0 radical (unpaired) electrons. The summed E-state index contributed by atoms with van der Waals surface area (Å²) in [7, 11) is 3.16. The van der Waals surface area contributed by atoms with Crippen LogP contribution < -0.4 is 9.47 Å². The fraction of sp³-hybridized carbons (Fsp3) is 0.316. The van der Waals surface area contributed by atoms with E-state index in [9.17, 15) is 9.59 Å². The highest BCUT2D eigenvalue weighted by atomic mass is 16.5. The molecule has 3 rings (SSSR count). The molecule has 1 aliphatic rings. The minimum atomic E-state index is -1.16. The third-order valence-corrected chi connectivity index (χ3v) is 4.50. The maximum absolute atomic E-state index is 12.9. The van der Waals surface area contributed by atoms with Crippen LogP contribution in [-0.4, -0.2) is 47.6 Å². The van der Waals surface area contributed by atoms with Crippen LogP contribution >= 0.6 is 0 Å². The Morgan fingerprint density at radius 2 is 1.92 bits per heavy atom. The van der Waals surface area contributed by atoms with Crippen molar-refractivity contribution in [2.75, 3.05) is 20.8 Å². The molecule has 0 spiro atoms. The van der Waals surface area contributed by atoms with Gasteiger partial charge >= 0.3 is 5.97 Å². The van der Waals surface area contributed by atoms with Gasteiger partial charge in [-0.3, -0.25) is 4.79 Å². The summed E-state index contributed by atoms with van der Waals surface area (Å²) >= 11 is 0. The minimum absolute atomic E-state index is 0.129. The number of aromatic nitrogens is 1. The average molecular weight is 356 g/mol. The first-order valence-corrected chi connectivity index (χ1v) is 8.28. The highest BCUT2D eigenvalue weighted by Gasteiger charge is 2.33. The maximum Gasteiger partial charge on any atom is 0.354 e. The first kappa shape index (κ1) is 17.7. The number of hydrogen-bond acceptors (Lipinski definition) is 5. The van der Waals surface area contributed by atoms with Gasteiger partial charge in [0.25, 0.3) is 5.91 Å². The Balaban J connectivity index is 1.92. The molecule has 1 aromatic carbocycles. The highest BCUT2D eigenvalue weighted by Crippen LogP contribution is 2.39. The topological polar surface area (TPSA) is 89.0 Å². The van der Waals surface area contributed by atoms with Gasteiger partial charge in [0.1, 0.15) is 22.9 Å². The fourth-order valence-corrected chi connectivity index (χ4v) is 3.25. The number of carbonyl (C=O) groups excluding carboxylic acids is 1. The number of pyridine rings is 1. The number of methoxy groups -OCH3 is 2. The summed E-state index contributed by atoms with van der Waals surface area (Å²) in [5.41, 5.74) is 0.881. The van der Waals surface area contributed by atoms with Crippen molar-refractivity contribution >= 4 is 11.9 Å². The molecule has 1 saturated heterocycles. The molecule has 0 saturated carbocycles. The van der Waals surface area contributed by atoms with E-state index in [1.807, 2.05) is 12.1 Å². The van der Waals surface area contributed by atoms with Crippen molar-refractivity contribution in [2.45, 2.75) is 18.9 Å². The van der Waals surface area contributed by atoms with Gasteiger partial charge in [0, 0.05) is 18.2 Å². The van der Waals surface area contributed by atoms with Crippen molar-refractivity contribution in [1.29, 1.82) is 0 Å². The van der Waals surface area contributed by atoms with Crippen LogP contribution in [0.1, 0.15) is 45.4 Å². The quantitative estimate of drug-likeness (QED) is 0.886. The zero-order chi connectivity index (χ0) is 18.7. The van der Waals surface area contributed by atoms with Crippen molar-refractivity contribution < 1.29 is 24.2 Å². The van der Waals surface area contributed by atoms with Gasteiger partial charge in [0.15, 0.2) is 0 Å². The highest BCUT2D eigenvalue weighted by molar-refractivity contribution is 5.94. The fourth-order valence-electron chi connectivity index (χ4n) is 3.25. The number of ether oxygens (including phenoxy) is 2. The Labute approximate surface area is 151 Å². The second-order valence-corrected chi connectivity index (χ2v) is 5.98. The van der Waals surface area contributed by atoms with Crippen molar-refractivity contribution in [1.82, 2.24) is 9.88 Å². The lowest BCUT2D eigenvalue weighted by Crippen LogP contribution is -2.31. The largest absolute Gasteiger partial charge is 0.497 e. The van der Waals surface area contributed by atoms with E-state index < -0.39 is 5.97 Å². The van der Waals surface area contributed by atoms with E-state index >= 15 is 0 Å². The molecular formula is C19H20N2O5. The van der Waals surface area contributed by atoms with Crippen LogP contribution in [-0.2, 0) is 0 Å². The van der Waals surface area contributed by atoms with Crippen LogP contribution in [0.2, 0.25) is 0 Å². The van der Waals surface area contributed by atoms with E-state index in [-0.39, 0.29) is 23.3 Å². The number of benzene rings is 1. The van der Waals surface area contributed by atoms with Gasteiger partial charge in [-0.05, 0) is 37.1 Å². The Bertz CT molecular complexity index is 836. The Hall–Kier alpha value is -3.09. The summed E-state index contributed by atoms with van der Waals surface area (Å²) in [5, 5.41) is 9.09. The molecule has 1 fully saturated rings. The molecule has 1 aromatic heterocycles. The molecule has 1 atom stereocenters. The molecule has 1 N–H and O–H groups in total. The number of rotatable bonds is 5. The number of nitrogens with zero attached hydrogens (tertiary/aromatic N) is 2. The van der Waals surface area contributed by atoms with Gasteiger partial charge in [0.2, 0.25) is 0 Å². The average Bonchev–Trinajstić information content (AvgIpc) is 3.16. The van der Waals surface area contributed by atoms with Gasteiger partial charge < -0.3 is 19.5 Å². The van der Waals surface area contributed by atoms with Crippen molar-refractivity contribution in [3.8, 4) is 11.5 Å². The molecule has 2 aromatic rings. The van der Waals surface area contributed by atoms with Gasteiger partial charge in [-0.25, -0.2) is 9.78 Å². The number of carboxylic acids is 1. The van der Waals surface area contributed by atoms with E-state index in [0.29, 0.717) is 18.0 Å². The minimum Gasteiger partial charge on any atom is -0.497 e. The lowest BCUT2D eigenvalue weighted by atomic mass is 10.0. The maximum atomic E-state index is 12.9. The first-order chi connectivity index (χ1) is 12.5. The first-order valence-electron chi connectivity index (χ1n) is 8.28. The van der Waals surface area contributed by atoms with E-state index in [1.54, 1.807) is 25.2 Å². The molecule has 136 valence electrons. The summed E-state index contributed by atoms with van der Waals surface area (Å²) in [6.07, 6.45) is 1.65. The van der Waals surface area contributed by atoms with Crippen LogP contribution in [0, 0.1) is 0 Å². The number of likely N-dealkylation sites (tertiary alicyclic amines) is 1. The molecule has 1 unspecified atom stereocenters. The SMILES string of the molecule is COc1ccc(C2CCCN2C(=O)c2cccc(C(=O)O)n2)c(OC)c1. The number of amides is 1. The van der Waals surface area contributed by atoms with E-state index in [0.717, 1.165) is 18.4 Å². The lowest BCUT2D eigenvalue weighted by molar-refractivity contribution is 0.0689. The van der Waals surface area contributed by atoms with Crippen molar-refractivity contribution in [3.05, 3.63) is 53.3 Å². The van der Waals surface area contributed by atoms with Crippen molar-refractivity contribution in [3.63, 3.8) is 0 Å². The van der Waals surface area contributed by atoms with Crippen molar-refractivity contribution in [2.24, 2.45) is 0 Å². The Morgan fingerprint density at radius 3 is 2.62 bits per heavy atom. The van der Waals surface area contributed by atoms with Crippen LogP contribution in [0.3, 0.4) is 0 Å². The van der Waals surface area contributed by atoms with Gasteiger partial charge in [-0.1, -0.05) is 6.07 Å². The summed E-state index contributed by atoms with van der Waals surface area (Å²) < 4.78 is 10.7. The number of carboxylic acid groups (broad SMARTS) is 1. The van der Waals surface area contributed by atoms with Gasteiger partial charge in [-0.15, -0.1) is 0 Å².